The van der Waals surface area contributed by atoms with E-state index in [-0.39, 0.29) is 18.8 Å². The topological polar surface area (TPSA) is 118 Å². The Balaban J connectivity index is 1.65. The predicted molar refractivity (Wildman–Crippen MR) is 80.0 cm³/mol. The summed E-state index contributed by atoms with van der Waals surface area (Å²) in [4.78, 5) is 30.0. The Kier molecular flexibility index (Phi) is 3.46. The Morgan fingerprint density at radius 3 is 2.83 bits per heavy atom. The quantitative estimate of drug-likeness (QED) is 0.553. The van der Waals surface area contributed by atoms with E-state index in [0.717, 1.165) is 5.82 Å². The van der Waals surface area contributed by atoms with Gasteiger partial charge in [-0.25, -0.2) is 15.0 Å². The molecule has 2 fully saturated rings. The maximum Gasteiger partial charge on any atom is 0.294 e. The molecule has 0 bridgehead atoms. The first-order valence-electron chi connectivity index (χ1n) is 7.45. The van der Waals surface area contributed by atoms with E-state index in [1.54, 1.807) is 6.33 Å². The number of nitrogens with zero attached hydrogens (tertiary/aromatic N) is 6. The molecule has 11 nitrogen and oxygen atoms in total. The number of imidazole rings is 1. The fourth-order valence-corrected chi connectivity index (χ4v) is 3.29. The first-order chi connectivity index (χ1) is 11.6. The van der Waals surface area contributed by atoms with Crippen molar-refractivity contribution in [2.45, 2.75) is 24.4 Å². The number of hydrogen-bond donors (Lipinski definition) is 0. The molecule has 11 heteroatoms. The zero-order valence-electron chi connectivity index (χ0n) is 13.1. The van der Waals surface area contributed by atoms with Crippen LogP contribution in [0.1, 0.15) is 6.04 Å². The van der Waals surface area contributed by atoms with Gasteiger partial charge in [-0.2, -0.15) is 0 Å². The molecule has 0 amide bonds. The van der Waals surface area contributed by atoms with E-state index >= 15 is 0 Å². The molecule has 4 atom stereocenters. The molecule has 128 valence electrons. The molecule has 0 N–H and O–H groups in total. The van der Waals surface area contributed by atoms with Crippen LogP contribution in [0.25, 0.3) is 11.2 Å². The fourth-order valence-electron chi connectivity index (χ4n) is 3.29. The van der Waals surface area contributed by atoms with Gasteiger partial charge in [0.05, 0.1) is 25.6 Å². The van der Waals surface area contributed by atoms with E-state index in [1.165, 1.54) is 6.33 Å². The minimum absolute atomic E-state index is 0.122. The van der Waals surface area contributed by atoms with Crippen molar-refractivity contribution in [3.63, 3.8) is 0 Å². The molecule has 2 aliphatic heterocycles. The van der Waals surface area contributed by atoms with Crippen molar-refractivity contribution < 1.29 is 19.4 Å². The summed E-state index contributed by atoms with van der Waals surface area (Å²) >= 11 is 0. The molecule has 4 rings (SSSR count). The van der Waals surface area contributed by atoms with Crippen LogP contribution in [0.15, 0.2) is 12.7 Å². The molecular weight excluding hydrogens is 320 g/mol. The maximum absolute atomic E-state index is 10.6. The summed E-state index contributed by atoms with van der Waals surface area (Å²) in [6.45, 7) is 0.469. The van der Waals surface area contributed by atoms with Crippen LogP contribution in [-0.2, 0) is 14.3 Å². The zero-order chi connectivity index (χ0) is 16.8. The zero-order valence-corrected chi connectivity index (χ0v) is 13.1. The minimum Gasteiger partial charge on any atom is -0.371 e. The van der Waals surface area contributed by atoms with Crippen LogP contribution in [-0.4, -0.2) is 70.2 Å². The molecule has 4 heterocycles. The number of anilines is 1. The van der Waals surface area contributed by atoms with Crippen LogP contribution in [0, 0.1) is 10.1 Å². The number of rotatable bonds is 4. The van der Waals surface area contributed by atoms with E-state index in [4.69, 9.17) is 9.47 Å². The van der Waals surface area contributed by atoms with Crippen LogP contribution in [0.2, 0.25) is 0 Å². The molecule has 2 aliphatic rings. The summed E-state index contributed by atoms with van der Waals surface area (Å²) < 4.78 is 13.3. The fraction of sp³-hybridized carbons (Fsp3) is 0.615. The molecule has 2 aromatic heterocycles. The van der Waals surface area contributed by atoms with Crippen LogP contribution < -0.4 is 4.90 Å². The van der Waals surface area contributed by atoms with E-state index in [2.05, 4.69) is 19.8 Å². The van der Waals surface area contributed by atoms with Gasteiger partial charge in [-0.3, -0.25) is 0 Å². The van der Waals surface area contributed by atoms with Crippen LogP contribution >= 0.6 is 0 Å². The van der Waals surface area contributed by atoms with Crippen molar-refractivity contribution in [2.24, 2.45) is 0 Å². The second kappa shape index (κ2) is 5.53. The number of fused-ring (bicyclic) bond motifs is 2. The minimum atomic E-state index is -0.809. The van der Waals surface area contributed by atoms with Crippen molar-refractivity contribution >= 4 is 17.0 Å². The monoisotopic (exact) mass is 336 g/mol. The van der Waals surface area contributed by atoms with E-state index in [0.29, 0.717) is 17.8 Å². The third-order valence-corrected chi connectivity index (χ3v) is 4.32. The lowest BCUT2D eigenvalue weighted by Crippen LogP contribution is -2.33. The van der Waals surface area contributed by atoms with E-state index < -0.39 is 17.3 Å². The lowest BCUT2D eigenvalue weighted by atomic mass is 10.1. The summed E-state index contributed by atoms with van der Waals surface area (Å²) in [7, 11) is 3.77. The lowest BCUT2D eigenvalue weighted by molar-refractivity contribution is -0.769. The molecule has 0 aliphatic carbocycles. The molecule has 2 saturated heterocycles. The maximum atomic E-state index is 10.6. The SMILES string of the molecule is CN(C)c1ncnc2c1ncn2[C@H]1CO[C@H]2[C@@H]1OC[C@@H]2O[N+](=O)[O-]. The average molecular weight is 336 g/mol. The van der Waals surface area contributed by atoms with Gasteiger partial charge in [0.25, 0.3) is 5.09 Å². The van der Waals surface area contributed by atoms with Gasteiger partial charge in [0, 0.05) is 14.1 Å². The molecule has 0 spiro atoms. The van der Waals surface area contributed by atoms with Gasteiger partial charge in [-0.05, 0) is 0 Å². The molecule has 24 heavy (non-hydrogen) atoms. The summed E-state index contributed by atoms with van der Waals surface area (Å²) in [5.74, 6) is 0.719. The third-order valence-electron chi connectivity index (χ3n) is 4.32. The highest BCUT2D eigenvalue weighted by molar-refractivity contribution is 5.83. The summed E-state index contributed by atoms with van der Waals surface area (Å²) in [6.07, 6.45) is 1.63. The van der Waals surface area contributed by atoms with Crippen molar-refractivity contribution in [1.82, 2.24) is 19.5 Å². The average Bonchev–Trinajstić information content (AvgIpc) is 3.21. The van der Waals surface area contributed by atoms with E-state index in [9.17, 15) is 10.1 Å². The van der Waals surface area contributed by atoms with Crippen LogP contribution in [0.5, 0.6) is 0 Å². The van der Waals surface area contributed by atoms with Gasteiger partial charge < -0.3 is 23.8 Å². The van der Waals surface area contributed by atoms with Crippen molar-refractivity contribution in [3.05, 3.63) is 22.8 Å². The Morgan fingerprint density at radius 1 is 1.29 bits per heavy atom. The number of ether oxygens (including phenoxy) is 2. The Morgan fingerprint density at radius 2 is 2.08 bits per heavy atom. The van der Waals surface area contributed by atoms with Gasteiger partial charge in [-0.1, -0.05) is 0 Å². The van der Waals surface area contributed by atoms with Crippen molar-refractivity contribution in [3.8, 4) is 0 Å². The molecule has 0 saturated carbocycles. The molecular formula is C13H16N6O5. The van der Waals surface area contributed by atoms with Crippen molar-refractivity contribution in [1.29, 1.82) is 0 Å². The van der Waals surface area contributed by atoms with E-state index in [1.807, 2.05) is 23.6 Å². The standard InChI is InChI=1S/C13H16N6O5/c1-17(2)12-9-13(15-5-14-12)18(6-16-9)7-3-22-11-8(24-19(20)21)4-23-10(7)11/h5-8,10-11H,3-4H2,1-2H3/t7-,8-,10+,11+/m0/s1. The van der Waals surface area contributed by atoms with Crippen LogP contribution in [0.4, 0.5) is 5.82 Å². The second-order valence-electron chi connectivity index (χ2n) is 5.95. The summed E-state index contributed by atoms with van der Waals surface area (Å²) in [5, 5.41) is 9.76. The first-order valence-corrected chi connectivity index (χ1v) is 7.45. The summed E-state index contributed by atoms with van der Waals surface area (Å²) in [5.41, 5.74) is 1.35. The number of hydrogen-bond acceptors (Lipinski definition) is 9. The molecule has 0 unspecified atom stereocenters. The van der Waals surface area contributed by atoms with Crippen LogP contribution in [0.3, 0.4) is 0 Å². The third kappa shape index (κ3) is 2.24. The Bertz CT molecular complexity index is 779. The Hall–Kier alpha value is -2.53. The molecule has 0 aromatic carbocycles. The molecule has 0 radical (unpaired) electrons. The highest BCUT2D eigenvalue weighted by Crippen LogP contribution is 2.37. The van der Waals surface area contributed by atoms with Gasteiger partial charge in [0.15, 0.2) is 23.1 Å². The van der Waals surface area contributed by atoms with Gasteiger partial charge >= 0.3 is 0 Å². The van der Waals surface area contributed by atoms with Gasteiger partial charge in [0.1, 0.15) is 18.5 Å². The number of aromatic nitrogens is 4. The lowest BCUT2D eigenvalue weighted by Gasteiger charge is -2.18. The van der Waals surface area contributed by atoms with Gasteiger partial charge in [0.2, 0.25) is 0 Å². The first kappa shape index (κ1) is 15.0. The predicted octanol–water partition coefficient (Wildman–Crippen LogP) is -0.192. The van der Waals surface area contributed by atoms with Crippen molar-refractivity contribution in [2.75, 3.05) is 32.2 Å². The normalized spacial score (nSPS) is 28.9. The highest BCUT2D eigenvalue weighted by atomic mass is 17.0. The summed E-state index contributed by atoms with van der Waals surface area (Å²) in [6, 6.07) is -0.176. The Labute approximate surface area is 136 Å². The molecule has 2 aromatic rings. The highest BCUT2D eigenvalue weighted by Gasteiger charge is 2.50. The smallest absolute Gasteiger partial charge is 0.294 e. The largest absolute Gasteiger partial charge is 0.371 e. The van der Waals surface area contributed by atoms with Gasteiger partial charge in [-0.15, -0.1) is 10.1 Å². The second-order valence-corrected chi connectivity index (χ2v) is 5.95.